The van der Waals surface area contributed by atoms with Gasteiger partial charge in [0, 0.05) is 31.9 Å². The van der Waals surface area contributed by atoms with Crippen LogP contribution in [0.2, 0.25) is 0 Å². The van der Waals surface area contributed by atoms with Gasteiger partial charge in [-0.05, 0) is 24.3 Å². The lowest BCUT2D eigenvalue weighted by Gasteiger charge is -2.09. The van der Waals surface area contributed by atoms with E-state index in [1.54, 1.807) is 0 Å². The standard InChI is InChI=1S/C27H16BrN3O/c28-19-14-15-20-23(16-19)32-22-13-7-12-21(24(20)22)27-30-25(17-8-3-1-4-9-17)29-26(31-27)18-10-5-2-6-11-18/h1-16H. The maximum absolute atomic E-state index is 6.12. The van der Waals surface area contributed by atoms with Gasteiger partial charge >= 0.3 is 0 Å². The first kappa shape index (κ1) is 18.9. The summed E-state index contributed by atoms with van der Waals surface area (Å²) in [6.45, 7) is 0. The zero-order chi connectivity index (χ0) is 21.5. The maximum atomic E-state index is 6.12. The SMILES string of the molecule is Brc1ccc2c(c1)oc1cccc(-c3nc(-c4ccccc4)nc(-c4ccccc4)n3)c12. The van der Waals surface area contributed by atoms with E-state index in [9.17, 15) is 0 Å². The largest absolute Gasteiger partial charge is 0.456 e. The smallest absolute Gasteiger partial charge is 0.164 e. The molecule has 0 atom stereocenters. The van der Waals surface area contributed by atoms with Crippen molar-refractivity contribution in [3.8, 4) is 34.2 Å². The van der Waals surface area contributed by atoms with Gasteiger partial charge in [-0.1, -0.05) is 88.7 Å². The highest BCUT2D eigenvalue weighted by Gasteiger charge is 2.17. The molecule has 6 aromatic rings. The van der Waals surface area contributed by atoms with E-state index in [2.05, 4.69) is 22.0 Å². The van der Waals surface area contributed by atoms with Crippen LogP contribution >= 0.6 is 15.9 Å². The first-order valence-electron chi connectivity index (χ1n) is 10.2. The minimum atomic E-state index is 0.619. The Morgan fingerprint density at radius 1 is 0.562 bits per heavy atom. The average molecular weight is 478 g/mol. The van der Waals surface area contributed by atoms with Gasteiger partial charge in [0.2, 0.25) is 0 Å². The molecule has 0 saturated carbocycles. The van der Waals surface area contributed by atoms with Crippen molar-refractivity contribution < 1.29 is 4.42 Å². The highest BCUT2D eigenvalue weighted by Crippen LogP contribution is 2.37. The van der Waals surface area contributed by atoms with E-state index in [-0.39, 0.29) is 0 Å². The van der Waals surface area contributed by atoms with Crippen LogP contribution in [-0.2, 0) is 0 Å². The van der Waals surface area contributed by atoms with E-state index in [0.29, 0.717) is 17.5 Å². The molecule has 0 bridgehead atoms. The monoisotopic (exact) mass is 477 g/mol. The fourth-order valence-corrected chi connectivity index (χ4v) is 4.26. The lowest BCUT2D eigenvalue weighted by Crippen LogP contribution is -2.00. The molecule has 4 nitrogen and oxygen atoms in total. The minimum Gasteiger partial charge on any atom is -0.456 e. The van der Waals surface area contributed by atoms with Gasteiger partial charge in [-0.15, -0.1) is 0 Å². The molecule has 0 aliphatic carbocycles. The number of fused-ring (bicyclic) bond motifs is 3. The summed E-state index contributed by atoms with van der Waals surface area (Å²) in [7, 11) is 0. The van der Waals surface area contributed by atoms with Crippen LogP contribution in [0.4, 0.5) is 0 Å². The van der Waals surface area contributed by atoms with E-state index in [0.717, 1.165) is 43.1 Å². The summed E-state index contributed by atoms with van der Waals surface area (Å²) in [5.74, 6) is 1.90. The molecule has 0 fully saturated rings. The molecule has 5 heteroatoms. The van der Waals surface area contributed by atoms with E-state index < -0.39 is 0 Å². The van der Waals surface area contributed by atoms with Crippen LogP contribution in [0.15, 0.2) is 106 Å². The predicted octanol–water partition coefficient (Wildman–Crippen LogP) is 7.53. The molecule has 32 heavy (non-hydrogen) atoms. The van der Waals surface area contributed by atoms with E-state index in [1.165, 1.54) is 0 Å². The van der Waals surface area contributed by atoms with Crippen molar-refractivity contribution in [1.82, 2.24) is 15.0 Å². The zero-order valence-electron chi connectivity index (χ0n) is 16.9. The quantitative estimate of drug-likeness (QED) is 0.264. The predicted molar refractivity (Wildman–Crippen MR) is 131 cm³/mol. The Bertz CT molecular complexity index is 1520. The van der Waals surface area contributed by atoms with Gasteiger partial charge in [0.1, 0.15) is 11.2 Å². The van der Waals surface area contributed by atoms with Gasteiger partial charge in [-0.25, -0.2) is 15.0 Å². The van der Waals surface area contributed by atoms with Gasteiger partial charge in [-0.3, -0.25) is 0 Å². The Morgan fingerprint density at radius 2 is 1.19 bits per heavy atom. The van der Waals surface area contributed by atoms with E-state index >= 15 is 0 Å². The Morgan fingerprint density at radius 3 is 1.84 bits per heavy atom. The van der Waals surface area contributed by atoms with Crippen molar-refractivity contribution >= 4 is 37.9 Å². The number of hydrogen-bond donors (Lipinski definition) is 0. The molecular formula is C27H16BrN3O. The van der Waals surface area contributed by atoms with E-state index in [1.807, 2.05) is 91.0 Å². The molecule has 0 amide bonds. The number of hydrogen-bond acceptors (Lipinski definition) is 4. The average Bonchev–Trinajstić information content (AvgIpc) is 3.22. The Labute approximate surface area is 192 Å². The second-order valence-electron chi connectivity index (χ2n) is 7.46. The molecule has 2 aromatic heterocycles. The van der Waals surface area contributed by atoms with Gasteiger partial charge in [0.05, 0.1) is 0 Å². The van der Waals surface area contributed by atoms with Crippen LogP contribution in [-0.4, -0.2) is 15.0 Å². The third kappa shape index (κ3) is 3.27. The van der Waals surface area contributed by atoms with Crippen molar-refractivity contribution in [2.24, 2.45) is 0 Å². The van der Waals surface area contributed by atoms with Crippen LogP contribution in [0.5, 0.6) is 0 Å². The molecule has 6 rings (SSSR count). The second-order valence-corrected chi connectivity index (χ2v) is 8.38. The molecule has 0 aliphatic rings. The number of aromatic nitrogens is 3. The molecule has 2 heterocycles. The first-order chi connectivity index (χ1) is 15.8. The second kappa shape index (κ2) is 7.70. The van der Waals surface area contributed by atoms with Crippen molar-refractivity contribution in [3.63, 3.8) is 0 Å². The van der Waals surface area contributed by atoms with E-state index in [4.69, 9.17) is 19.4 Å². The summed E-state index contributed by atoms with van der Waals surface area (Å²) in [5.41, 5.74) is 4.43. The molecule has 4 aromatic carbocycles. The molecule has 0 unspecified atom stereocenters. The third-order valence-corrected chi connectivity index (χ3v) is 5.89. The Balaban J connectivity index is 1.65. The Hall–Kier alpha value is -3.83. The fraction of sp³-hybridized carbons (Fsp3) is 0. The van der Waals surface area contributed by atoms with Crippen molar-refractivity contribution in [1.29, 1.82) is 0 Å². The number of rotatable bonds is 3. The summed E-state index contributed by atoms with van der Waals surface area (Å²) in [4.78, 5) is 14.5. The van der Waals surface area contributed by atoms with Gasteiger partial charge < -0.3 is 4.42 Å². The topological polar surface area (TPSA) is 51.8 Å². The van der Waals surface area contributed by atoms with Gasteiger partial charge in [-0.2, -0.15) is 0 Å². The zero-order valence-corrected chi connectivity index (χ0v) is 18.5. The summed E-state index contributed by atoms with van der Waals surface area (Å²) in [6, 6.07) is 32.0. The van der Waals surface area contributed by atoms with Crippen molar-refractivity contribution in [3.05, 3.63) is 102 Å². The molecule has 0 saturated heterocycles. The summed E-state index contributed by atoms with van der Waals surface area (Å²) >= 11 is 3.53. The van der Waals surface area contributed by atoms with Crippen LogP contribution < -0.4 is 0 Å². The molecular weight excluding hydrogens is 462 g/mol. The van der Waals surface area contributed by atoms with Crippen LogP contribution in [0.3, 0.4) is 0 Å². The minimum absolute atomic E-state index is 0.619. The molecule has 0 aliphatic heterocycles. The maximum Gasteiger partial charge on any atom is 0.164 e. The number of furan rings is 1. The first-order valence-corrected chi connectivity index (χ1v) is 11.0. The molecule has 0 N–H and O–H groups in total. The molecule has 152 valence electrons. The lowest BCUT2D eigenvalue weighted by molar-refractivity contribution is 0.668. The third-order valence-electron chi connectivity index (χ3n) is 5.40. The van der Waals surface area contributed by atoms with Crippen LogP contribution in [0.1, 0.15) is 0 Å². The van der Waals surface area contributed by atoms with Crippen LogP contribution in [0, 0.1) is 0 Å². The highest BCUT2D eigenvalue weighted by molar-refractivity contribution is 9.10. The summed E-state index contributed by atoms with van der Waals surface area (Å²) in [5, 5.41) is 2.03. The van der Waals surface area contributed by atoms with Crippen molar-refractivity contribution in [2.75, 3.05) is 0 Å². The molecule has 0 radical (unpaired) electrons. The highest BCUT2D eigenvalue weighted by atomic mass is 79.9. The summed E-state index contributed by atoms with van der Waals surface area (Å²) < 4.78 is 7.10. The normalized spacial score (nSPS) is 11.3. The van der Waals surface area contributed by atoms with Gasteiger partial charge in [0.15, 0.2) is 17.5 Å². The van der Waals surface area contributed by atoms with Crippen LogP contribution in [0.25, 0.3) is 56.1 Å². The van der Waals surface area contributed by atoms with Gasteiger partial charge in [0.25, 0.3) is 0 Å². The fourth-order valence-electron chi connectivity index (χ4n) is 3.91. The summed E-state index contributed by atoms with van der Waals surface area (Å²) in [6.07, 6.45) is 0. The Kier molecular flexibility index (Phi) is 4.55. The lowest BCUT2D eigenvalue weighted by atomic mass is 10.1. The number of benzene rings is 4. The number of halogens is 1. The molecule has 0 spiro atoms. The number of nitrogens with zero attached hydrogens (tertiary/aromatic N) is 3. The van der Waals surface area contributed by atoms with Crippen molar-refractivity contribution in [2.45, 2.75) is 0 Å².